The molecule has 0 atom stereocenters. The topological polar surface area (TPSA) is 65.6 Å². The van der Waals surface area contributed by atoms with Crippen molar-refractivity contribution in [1.82, 2.24) is 14.2 Å². The van der Waals surface area contributed by atoms with E-state index in [-0.39, 0.29) is 24.8 Å². The number of carbonyl (C=O) groups excluding carboxylic acids is 1. The standard InChI is InChI=1S/C12H15N3O3/c1-8-6-9(2)15-11(8)7-13-14(12(15)17)4-5-18-10(3)16/h6-7H,4-5H2,1-3H3. The van der Waals surface area contributed by atoms with Gasteiger partial charge >= 0.3 is 11.7 Å². The second-order valence-electron chi connectivity index (χ2n) is 4.18. The van der Waals surface area contributed by atoms with E-state index in [1.165, 1.54) is 11.6 Å². The van der Waals surface area contributed by atoms with Crippen molar-refractivity contribution >= 4 is 11.5 Å². The van der Waals surface area contributed by atoms with Crippen molar-refractivity contribution in [2.45, 2.75) is 27.3 Å². The quantitative estimate of drug-likeness (QED) is 0.750. The maximum Gasteiger partial charge on any atom is 0.349 e. The largest absolute Gasteiger partial charge is 0.464 e. The van der Waals surface area contributed by atoms with Crippen LogP contribution in [0.4, 0.5) is 0 Å². The van der Waals surface area contributed by atoms with Gasteiger partial charge in [-0.15, -0.1) is 0 Å². The van der Waals surface area contributed by atoms with Crippen LogP contribution in [0.2, 0.25) is 0 Å². The van der Waals surface area contributed by atoms with Crippen LogP contribution in [0.25, 0.3) is 5.52 Å². The average molecular weight is 249 g/mol. The Morgan fingerprint density at radius 2 is 2.17 bits per heavy atom. The van der Waals surface area contributed by atoms with Crippen LogP contribution < -0.4 is 5.69 Å². The Hall–Kier alpha value is -2.11. The lowest BCUT2D eigenvalue weighted by atomic mass is 10.3. The maximum atomic E-state index is 12.2. The summed E-state index contributed by atoms with van der Waals surface area (Å²) in [5.74, 6) is -0.364. The first-order valence-corrected chi connectivity index (χ1v) is 5.69. The van der Waals surface area contributed by atoms with Gasteiger partial charge in [0.05, 0.1) is 18.3 Å². The summed E-state index contributed by atoms with van der Waals surface area (Å²) in [6.45, 7) is 5.54. The number of esters is 1. The Labute approximate surface area is 104 Å². The fraction of sp³-hybridized carbons (Fsp3) is 0.417. The number of ether oxygens (including phenoxy) is 1. The molecule has 0 aliphatic rings. The average Bonchev–Trinajstić information content (AvgIpc) is 2.57. The SMILES string of the molecule is CC(=O)OCCn1ncc2c(C)cc(C)n2c1=O. The highest BCUT2D eigenvalue weighted by Crippen LogP contribution is 2.11. The molecule has 6 nitrogen and oxygen atoms in total. The van der Waals surface area contributed by atoms with Crippen LogP contribution in [0.5, 0.6) is 0 Å². The van der Waals surface area contributed by atoms with Crippen LogP contribution in [-0.2, 0) is 16.1 Å². The van der Waals surface area contributed by atoms with Crippen LogP contribution in [0.15, 0.2) is 17.1 Å². The lowest BCUT2D eigenvalue weighted by molar-refractivity contribution is -0.141. The first-order chi connectivity index (χ1) is 8.50. The van der Waals surface area contributed by atoms with Crippen molar-refractivity contribution in [3.8, 4) is 0 Å². The molecule has 0 aliphatic carbocycles. The second kappa shape index (κ2) is 4.64. The molecule has 0 spiro atoms. The van der Waals surface area contributed by atoms with E-state index >= 15 is 0 Å². The van der Waals surface area contributed by atoms with Crippen molar-refractivity contribution in [3.05, 3.63) is 34.0 Å². The Morgan fingerprint density at radius 3 is 2.83 bits per heavy atom. The van der Waals surface area contributed by atoms with Gasteiger partial charge in [0.1, 0.15) is 6.61 Å². The predicted octanol–water partition coefficient (Wildman–Crippen LogP) is 0.676. The lowest BCUT2D eigenvalue weighted by Crippen LogP contribution is -2.30. The molecule has 2 aromatic heterocycles. The molecule has 0 aliphatic heterocycles. The molecule has 96 valence electrons. The Balaban J connectivity index is 2.36. The molecular formula is C12H15N3O3. The van der Waals surface area contributed by atoms with Crippen molar-refractivity contribution in [2.75, 3.05) is 6.61 Å². The minimum absolute atomic E-state index is 0.146. The Morgan fingerprint density at radius 1 is 1.44 bits per heavy atom. The van der Waals surface area contributed by atoms with Crippen LogP contribution >= 0.6 is 0 Å². The van der Waals surface area contributed by atoms with Crippen LogP contribution in [0.1, 0.15) is 18.2 Å². The zero-order valence-electron chi connectivity index (χ0n) is 10.6. The maximum absolute atomic E-state index is 12.2. The first-order valence-electron chi connectivity index (χ1n) is 5.69. The monoisotopic (exact) mass is 249 g/mol. The third kappa shape index (κ3) is 2.13. The summed E-state index contributed by atoms with van der Waals surface area (Å²) in [6, 6.07) is 1.94. The van der Waals surface area contributed by atoms with Gasteiger partial charge in [-0.1, -0.05) is 0 Å². The summed E-state index contributed by atoms with van der Waals surface area (Å²) in [5.41, 5.74) is 2.48. The van der Waals surface area contributed by atoms with E-state index in [0.29, 0.717) is 0 Å². The predicted molar refractivity (Wildman–Crippen MR) is 65.6 cm³/mol. The van der Waals surface area contributed by atoms with E-state index in [9.17, 15) is 9.59 Å². The van der Waals surface area contributed by atoms with Gasteiger partial charge in [-0.3, -0.25) is 9.20 Å². The molecule has 0 unspecified atom stereocenters. The number of carbonyl (C=O) groups is 1. The number of hydrogen-bond donors (Lipinski definition) is 0. The summed E-state index contributed by atoms with van der Waals surface area (Å²) in [7, 11) is 0. The molecule has 18 heavy (non-hydrogen) atoms. The van der Waals surface area contributed by atoms with Crippen LogP contribution in [-0.4, -0.2) is 26.8 Å². The Bertz CT molecular complexity index is 654. The molecule has 0 bridgehead atoms. The molecule has 0 N–H and O–H groups in total. The van der Waals surface area contributed by atoms with E-state index in [0.717, 1.165) is 16.8 Å². The molecule has 0 saturated carbocycles. The highest BCUT2D eigenvalue weighted by Gasteiger charge is 2.09. The van der Waals surface area contributed by atoms with Gasteiger partial charge in [-0.05, 0) is 25.5 Å². The number of aromatic nitrogens is 3. The fourth-order valence-electron chi connectivity index (χ4n) is 1.95. The molecule has 0 aromatic carbocycles. The fourth-order valence-corrected chi connectivity index (χ4v) is 1.95. The summed E-state index contributed by atoms with van der Waals surface area (Å²) in [5, 5.41) is 4.07. The third-order valence-corrected chi connectivity index (χ3v) is 2.76. The molecule has 6 heteroatoms. The molecule has 0 fully saturated rings. The highest BCUT2D eigenvalue weighted by molar-refractivity contribution is 5.65. The van der Waals surface area contributed by atoms with Crippen LogP contribution in [0.3, 0.4) is 0 Å². The minimum atomic E-state index is -0.364. The molecule has 2 heterocycles. The number of aryl methyl sites for hydroxylation is 2. The summed E-state index contributed by atoms with van der Waals surface area (Å²) >= 11 is 0. The molecule has 0 amide bonds. The minimum Gasteiger partial charge on any atom is -0.464 e. The van der Waals surface area contributed by atoms with Crippen LogP contribution in [0, 0.1) is 13.8 Å². The van der Waals surface area contributed by atoms with E-state index in [1.54, 1.807) is 10.6 Å². The highest BCUT2D eigenvalue weighted by atomic mass is 16.5. The molecule has 0 radical (unpaired) electrons. The van der Waals surface area contributed by atoms with Crippen molar-refractivity contribution < 1.29 is 9.53 Å². The van der Waals surface area contributed by atoms with Gasteiger partial charge in [0.15, 0.2) is 0 Å². The number of fused-ring (bicyclic) bond motifs is 1. The van der Waals surface area contributed by atoms with E-state index < -0.39 is 0 Å². The first kappa shape index (κ1) is 12.3. The molecular weight excluding hydrogens is 234 g/mol. The van der Waals surface area contributed by atoms with E-state index in [1.807, 2.05) is 19.9 Å². The Kier molecular flexibility index (Phi) is 3.18. The van der Waals surface area contributed by atoms with Gasteiger partial charge in [-0.25, -0.2) is 9.48 Å². The molecule has 2 aromatic rings. The third-order valence-electron chi connectivity index (χ3n) is 2.76. The number of nitrogens with zero attached hydrogens (tertiary/aromatic N) is 3. The van der Waals surface area contributed by atoms with Gasteiger partial charge < -0.3 is 4.74 Å². The summed E-state index contributed by atoms with van der Waals surface area (Å²) < 4.78 is 7.70. The number of rotatable bonds is 3. The summed E-state index contributed by atoms with van der Waals surface area (Å²) in [6.07, 6.45) is 1.65. The van der Waals surface area contributed by atoms with Gasteiger partial charge in [0.25, 0.3) is 0 Å². The number of hydrogen-bond acceptors (Lipinski definition) is 4. The van der Waals surface area contributed by atoms with E-state index in [2.05, 4.69) is 5.10 Å². The molecule has 2 rings (SSSR count). The zero-order valence-corrected chi connectivity index (χ0v) is 10.6. The zero-order chi connectivity index (χ0) is 13.3. The van der Waals surface area contributed by atoms with Gasteiger partial charge in [0.2, 0.25) is 0 Å². The van der Waals surface area contributed by atoms with Gasteiger partial charge in [0, 0.05) is 12.6 Å². The molecule has 0 saturated heterocycles. The van der Waals surface area contributed by atoms with Gasteiger partial charge in [-0.2, -0.15) is 5.10 Å². The van der Waals surface area contributed by atoms with E-state index in [4.69, 9.17) is 4.74 Å². The normalized spacial score (nSPS) is 10.8. The second-order valence-corrected chi connectivity index (χ2v) is 4.18. The van der Waals surface area contributed by atoms with Crippen molar-refractivity contribution in [3.63, 3.8) is 0 Å². The lowest BCUT2D eigenvalue weighted by Gasteiger charge is -2.06. The summed E-state index contributed by atoms with van der Waals surface area (Å²) in [4.78, 5) is 22.8. The smallest absolute Gasteiger partial charge is 0.349 e. The van der Waals surface area contributed by atoms with Crippen molar-refractivity contribution in [2.24, 2.45) is 0 Å². The van der Waals surface area contributed by atoms with Crippen molar-refractivity contribution in [1.29, 1.82) is 0 Å².